The molecule has 2 aromatic rings. The summed E-state index contributed by atoms with van der Waals surface area (Å²) in [5, 5.41) is 24.7. The van der Waals surface area contributed by atoms with Crippen molar-refractivity contribution in [3.63, 3.8) is 0 Å². The molecule has 1 heterocycles. The zero-order valence-corrected chi connectivity index (χ0v) is 14.0. The average Bonchev–Trinajstić information content (AvgIpc) is 3.46. The molecule has 8 heteroatoms. The van der Waals surface area contributed by atoms with Crippen LogP contribution in [0.3, 0.4) is 0 Å². The second-order valence-electron chi connectivity index (χ2n) is 6.38. The number of nitro groups is 1. The van der Waals surface area contributed by atoms with Gasteiger partial charge in [0.05, 0.1) is 29.2 Å². The fourth-order valence-corrected chi connectivity index (χ4v) is 3.34. The van der Waals surface area contributed by atoms with Crippen molar-refractivity contribution < 1.29 is 19.6 Å². The summed E-state index contributed by atoms with van der Waals surface area (Å²) in [6.45, 7) is 0. The number of phenolic OH excluding ortho intramolecular Hbond substituents is 1. The third-order valence-electron chi connectivity index (χ3n) is 4.72. The zero-order chi connectivity index (χ0) is 18.4. The lowest BCUT2D eigenvalue weighted by molar-refractivity contribution is -0.386. The van der Waals surface area contributed by atoms with Crippen LogP contribution in [0.5, 0.6) is 11.5 Å². The number of carbonyl (C=O) groups is 1. The second kappa shape index (κ2) is 5.91. The number of nitrogens with zero attached hydrogens (tertiary/aromatic N) is 2. The highest BCUT2D eigenvalue weighted by Crippen LogP contribution is 2.45. The Hall–Kier alpha value is -3.29. The Bertz CT molecular complexity index is 910. The van der Waals surface area contributed by atoms with Gasteiger partial charge in [-0.1, -0.05) is 12.1 Å². The maximum absolute atomic E-state index is 13.0. The summed E-state index contributed by atoms with van der Waals surface area (Å²) in [5.41, 5.74) is 1.18. The Balaban J connectivity index is 1.88. The highest BCUT2D eigenvalue weighted by atomic mass is 16.6. The Kier molecular flexibility index (Phi) is 3.68. The molecule has 0 bridgehead atoms. The number of benzene rings is 2. The minimum Gasteiger partial charge on any atom is -0.504 e. The third-order valence-corrected chi connectivity index (χ3v) is 4.72. The second-order valence-corrected chi connectivity index (χ2v) is 6.38. The van der Waals surface area contributed by atoms with Crippen molar-refractivity contribution in [2.24, 2.45) is 0 Å². The van der Waals surface area contributed by atoms with E-state index in [0.29, 0.717) is 11.3 Å². The van der Waals surface area contributed by atoms with Crippen molar-refractivity contribution in [2.45, 2.75) is 25.0 Å². The number of aromatic hydroxyl groups is 1. The van der Waals surface area contributed by atoms with Crippen LogP contribution in [0.2, 0.25) is 0 Å². The first-order valence-corrected chi connectivity index (χ1v) is 8.24. The van der Waals surface area contributed by atoms with Crippen LogP contribution >= 0.6 is 0 Å². The molecule has 0 aromatic heterocycles. The lowest BCUT2D eigenvalue weighted by Crippen LogP contribution is -2.44. The molecule has 2 N–H and O–H groups in total. The normalized spacial score (nSPS) is 18.9. The summed E-state index contributed by atoms with van der Waals surface area (Å²) in [6.07, 6.45) is 1.00. The molecule has 0 radical (unpaired) electrons. The standard InChI is InChI=1S/C18H17N3O5/c1-26-16-8-12(14(21(24)25)9-15(16)22)17-19-13-5-3-2-4-11(13)18(23)20(17)10-6-7-10/h2-5,8-10,17,19,22H,6-7H2,1H3/t17-/m1/s1. The number of ether oxygens (including phenoxy) is 1. The summed E-state index contributed by atoms with van der Waals surface area (Å²) in [4.78, 5) is 25.7. The number of anilines is 1. The first kappa shape index (κ1) is 16.2. The number of hydrogen-bond acceptors (Lipinski definition) is 6. The number of para-hydroxylation sites is 1. The molecule has 8 nitrogen and oxygen atoms in total. The molecule has 1 saturated carbocycles. The van der Waals surface area contributed by atoms with Crippen LogP contribution in [0.1, 0.15) is 34.9 Å². The summed E-state index contributed by atoms with van der Waals surface area (Å²) in [6, 6.07) is 9.61. The van der Waals surface area contributed by atoms with Crippen LogP contribution in [0.4, 0.5) is 11.4 Å². The van der Waals surface area contributed by atoms with Crippen LogP contribution in [0.25, 0.3) is 0 Å². The van der Waals surface area contributed by atoms with Gasteiger partial charge in [0.1, 0.15) is 6.17 Å². The number of carbonyl (C=O) groups excluding carboxylic acids is 1. The van der Waals surface area contributed by atoms with E-state index in [1.807, 2.05) is 0 Å². The summed E-state index contributed by atoms with van der Waals surface area (Å²) < 4.78 is 5.12. The van der Waals surface area contributed by atoms with Crippen LogP contribution < -0.4 is 10.1 Å². The number of methoxy groups -OCH3 is 1. The molecule has 0 unspecified atom stereocenters. The Morgan fingerprint density at radius 1 is 1.31 bits per heavy atom. The fourth-order valence-electron chi connectivity index (χ4n) is 3.34. The van der Waals surface area contributed by atoms with Gasteiger partial charge in [-0.05, 0) is 31.0 Å². The lowest BCUT2D eigenvalue weighted by atomic mass is 10.0. The molecule has 2 aliphatic rings. The number of nitrogens with one attached hydrogen (secondary N) is 1. The van der Waals surface area contributed by atoms with E-state index in [1.54, 1.807) is 29.2 Å². The lowest BCUT2D eigenvalue weighted by Gasteiger charge is -2.38. The van der Waals surface area contributed by atoms with Crippen molar-refractivity contribution in [3.8, 4) is 11.5 Å². The highest BCUT2D eigenvalue weighted by Gasteiger charge is 2.44. The van der Waals surface area contributed by atoms with Crippen LogP contribution in [0.15, 0.2) is 36.4 Å². The van der Waals surface area contributed by atoms with Crippen molar-refractivity contribution in [1.82, 2.24) is 4.90 Å². The summed E-state index contributed by atoms with van der Waals surface area (Å²) in [7, 11) is 1.37. The quantitative estimate of drug-likeness (QED) is 0.645. The molecular weight excluding hydrogens is 338 g/mol. The maximum Gasteiger partial charge on any atom is 0.280 e. The van der Waals surface area contributed by atoms with Crippen molar-refractivity contribution in [1.29, 1.82) is 0 Å². The van der Waals surface area contributed by atoms with Gasteiger partial charge in [-0.3, -0.25) is 14.9 Å². The number of hydrogen-bond donors (Lipinski definition) is 2. The first-order chi connectivity index (χ1) is 12.5. The molecule has 2 aromatic carbocycles. The van der Waals surface area contributed by atoms with Gasteiger partial charge in [0, 0.05) is 11.7 Å². The van der Waals surface area contributed by atoms with E-state index in [9.17, 15) is 20.0 Å². The molecule has 0 saturated heterocycles. The molecule has 1 amide bonds. The molecule has 0 spiro atoms. The van der Waals surface area contributed by atoms with Crippen molar-refractivity contribution >= 4 is 17.3 Å². The van der Waals surface area contributed by atoms with E-state index < -0.39 is 11.1 Å². The van der Waals surface area contributed by atoms with Crippen LogP contribution in [0, 0.1) is 10.1 Å². The number of amides is 1. The third kappa shape index (κ3) is 2.50. The monoisotopic (exact) mass is 355 g/mol. The Morgan fingerprint density at radius 3 is 2.69 bits per heavy atom. The molecule has 1 aliphatic heterocycles. The van der Waals surface area contributed by atoms with E-state index >= 15 is 0 Å². The van der Waals surface area contributed by atoms with E-state index in [-0.39, 0.29) is 34.7 Å². The predicted molar refractivity (Wildman–Crippen MR) is 93.3 cm³/mol. The van der Waals surface area contributed by atoms with Gasteiger partial charge in [0.25, 0.3) is 11.6 Å². The van der Waals surface area contributed by atoms with Gasteiger partial charge < -0.3 is 20.1 Å². The van der Waals surface area contributed by atoms with Crippen molar-refractivity contribution in [2.75, 3.05) is 12.4 Å². The van der Waals surface area contributed by atoms with E-state index in [0.717, 1.165) is 18.9 Å². The molecule has 1 aliphatic carbocycles. The van der Waals surface area contributed by atoms with Gasteiger partial charge in [-0.15, -0.1) is 0 Å². The number of phenols is 1. The van der Waals surface area contributed by atoms with Gasteiger partial charge in [0.2, 0.25) is 0 Å². The molecular formula is C18H17N3O5. The smallest absolute Gasteiger partial charge is 0.280 e. The minimum atomic E-state index is -0.709. The molecule has 1 fully saturated rings. The maximum atomic E-state index is 13.0. The van der Waals surface area contributed by atoms with Gasteiger partial charge >= 0.3 is 0 Å². The summed E-state index contributed by atoms with van der Waals surface area (Å²) in [5.74, 6) is -0.355. The van der Waals surface area contributed by atoms with Crippen LogP contribution in [-0.4, -0.2) is 34.0 Å². The summed E-state index contributed by atoms with van der Waals surface area (Å²) >= 11 is 0. The van der Waals surface area contributed by atoms with E-state index in [1.165, 1.54) is 13.2 Å². The molecule has 134 valence electrons. The number of rotatable bonds is 4. The Labute approximate surface area is 149 Å². The number of nitro benzene ring substituents is 1. The predicted octanol–water partition coefficient (Wildman–Crippen LogP) is 3.04. The van der Waals surface area contributed by atoms with Crippen molar-refractivity contribution in [3.05, 3.63) is 57.6 Å². The van der Waals surface area contributed by atoms with Gasteiger partial charge in [0.15, 0.2) is 11.5 Å². The molecule has 1 atom stereocenters. The first-order valence-electron chi connectivity index (χ1n) is 8.24. The highest BCUT2D eigenvalue weighted by molar-refractivity contribution is 6.02. The SMILES string of the molecule is COc1cc([C@@H]2Nc3ccccc3C(=O)N2C2CC2)c([N+](=O)[O-])cc1O. The minimum absolute atomic E-state index is 0.0350. The van der Waals surface area contributed by atoms with Crippen LogP contribution in [-0.2, 0) is 0 Å². The van der Waals surface area contributed by atoms with E-state index in [4.69, 9.17) is 4.74 Å². The fraction of sp³-hybridized carbons (Fsp3) is 0.278. The topological polar surface area (TPSA) is 105 Å². The largest absolute Gasteiger partial charge is 0.504 e. The molecule has 4 rings (SSSR count). The average molecular weight is 355 g/mol. The molecule has 26 heavy (non-hydrogen) atoms. The zero-order valence-electron chi connectivity index (χ0n) is 14.0. The van der Waals surface area contributed by atoms with E-state index in [2.05, 4.69) is 5.32 Å². The van der Waals surface area contributed by atoms with Gasteiger partial charge in [-0.25, -0.2) is 0 Å². The van der Waals surface area contributed by atoms with Gasteiger partial charge in [-0.2, -0.15) is 0 Å². The number of fused-ring (bicyclic) bond motifs is 1. The Morgan fingerprint density at radius 2 is 2.04 bits per heavy atom.